The molecule has 2 fully saturated rings. The molecule has 0 N–H and O–H groups in total. The van der Waals surface area contributed by atoms with Crippen molar-refractivity contribution in [2.75, 3.05) is 6.61 Å². The number of rotatable bonds is 4. The quantitative estimate of drug-likeness (QED) is 0.551. The molecule has 2 rings (SSSR count). The van der Waals surface area contributed by atoms with Gasteiger partial charge >= 0.3 is 5.97 Å². The highest BCUT2D eigenvalue weighted by atomic mass is 16.5. The summed E-state index contributed by atoms with van der Waals surface area (Å²) >= 11 is 0. The van der Waals surface area contributed by atoms with Crippen LogP contribution in [0.3, 0.4) is 0 Å². The Balaban J connectivity index is 2.09. The van der Waals surface area contributed by atoms with Crippen LogP contribution in [0.4, 0.5) is 0 Å². The minimum absolute atomic E-state index is 0.0280. The van der Waals surface area contributed by atoms with Crippen molar-refractivity contribution in [2.45, 2.75) is 33.1 Å². The molecule has 0 aromatic rings. The van der Waals surface area contributed by atoms with Gasteiger partial charge < -0.3 is 4.74 Å². The summed E-state index contributed by atoms with van der Waals surface area (Å²) in [6.45, 7) is 12.4. The third-order valence-electron chi connectivity index (χ3n) is 4.64. The minimum Gasteiger partial charge on any atom is -0.466 e. The first-order valence-corrected chi connectivity index (χ1v) is 6.52. The second kappa shape index (κ2) is 4.32. The smallest absolute Gasteiger partial charge is 0.310 e. The fourth-order valence-corrected chi connectivity index (χ4v) is 3.53. The number of carbonyl (C=O) groups is 1. The van der Waals surface area contributed by atoms with Gasteiger partial charge in [-0.25, -0.2) is 0 Å². The number of hydrogen-bond acceptors (Lipinski definition) is 2. The number of ether oxygens (including phenoxy) is 1. The Labute approximate surface area is 104 Å². The van der Waals surface area contributed by atoms with E-state index in [-0.39, 0.29) is 17.3 Å². The lowest BCUT2D eigenvalue weighted by molar-refractivity contribution is -0.145. The molecule has 0 amide bonds. The van der Waals surface area contributed by atoms with E-state index in [2.05, 4.69) is 20.1 Å². The van der Waals surface area contributed by atoms with E-state index in [1.54, 1.807) is 0 Å². The lowest BCUT2D eigenvalue weighted by Crippen LogP contribution is -2.16. The zero-order valence-corrected chi connectivity index (χ0v) is 10.9. The van der Waals surface area contributed by atoms with Gasteiger partial charge in [0.2, 0.25) is 0 Å². The molecule has 0 aromatic heterocycles. The van der Waals surface area contributed by atoms with Crippen molar-refractivity contribution in [1.82, 2.24) is 0 Å². The molecule has 2 heteroatoms. The van der Waals surface area contributed by atoms with Crippen molar-refractivity contribution in [3.8, 4) is 0 Å². The molecule has 2 saturated carbocycles. The van der Waals surface area contributed by atoms with Gasteiger partial charge in [0.05, 0.1) is 12.5 Å². The zero-order valence-electron chi connectivity index (χ0n) is 10.9. The Morgan fingerprint density at radius 2 is 2.29 bits per heavy atom. The van der Waals surface area contributed by atoms with Crippen LogP contribution < -0.4 is 0 Å². The first-order chi connectivity index (χ1) is 8.06. The van der Waals surface area contributed by atoms with E-state index in [1.807, 2.05) is 13.0 Å². The van der Waals surface area contributed by atoms with Gasteiger partial charge in [-0.15, -0.1) is 6.58 Å². The first kappa shape index (κ1) is 12.4. The van der Waals surface area contributed by atoms with Gasteiger partial charge in [0.15, 0.2) is 0 Å². The molecule has 0 spiro atoms. The van der Waals surface area contributed by atoms with Crippen LogP contribution in [0.1, 0.15) is 33.1 Å². The van der Waals surface area contributed by atoms with E-state index in [4.69, 9.17) is 4.74 Å². The summed E-state index contributed by atoms with van der Waals surface area (Å²) in [6.07, 6.45) is 5.26. The Morgan fingerprint density at radius 3 is 2.82 bits per heavy atom. The highest BCUT2D eigenvalue weighted by Crippen LogP contribution is 2.68. The summed E-state index contributed by atoms with van der Waals surface area (Å²) in [7, 11) is 0. The van der Waals surface area contributed by atoms with Gasteiger partial charge in [0.25, 0.3) is 0 Å². The Hall–Kier alpha value is -1.05. The summed E-state index contributed by atoms with van der Waals surface area (Å²) < 4.78 is 5.17. The fraction of sp³-hybridized carbons (Fsp3) is 0.667. The summed E-state index contributed by atoms with van der Waals surface area (Å²) in [5, 5.41) is 0. The van der Waals surface area contributed by atoms with Gasteiger partial charge in [0.1, 0.15) is 0 Å². The number of carbonyl (C=O) groups excluding carboxylic acids is 1. The van der Waals surface area contributed by atoms with Crippen molar-refractivity contribution in [3.05, 3.63) is 24.8 Å². The lowest BCUT2D eigenvalue weighted by Gasteiger charge is -2.26. The lowest BCUT2D eigenvalue weighted by atomic mass is 9.79. The molecule has 0 aromatic carbocycles. The number of fused-ring (bicyclic) bond motifs is 1. The molecule has 94 valence electrons. The van der Waals surface area contributed by atoms with Crippen molar-refractivity contribution < 1.29 is 9.53 Å². The van der Waals surface area contributed by atoms with Gasteiger partial charge in [-0.05, 0) is 44.9 Å². The van der Waals surface area contributed by atoms with E-state index >= 15 is 0 Å². The first-order valence-electron chi connectivity index (χ1n) is 6.52. The van der Waals surface area contributed by atoms with Crippen LogP contribution >= 0.6 is 0 Å². The molecule has 4 atom stereocenters. The second-order valence-electron chi connectivity index (χ2n) is 5.47. The van der Waals surface area contributed by atoms with Crippen LogP contribution in [0, 0.1) is 23.2 Å². The predicted octanol–water partition coefficient (Wildman–Crippen LogP) is 3.34. The van der Waals surface area contributed by atoms with Crippen LogP contribution in [-0.4, -0.2) is 12.6 Å². The third-order valence-corrected chi connectivity index (χ3v) is 4.64. The van der Waals surface area contributed by atoms with Crippen LogP contribution in [-0.2, 0) is 9.53 Å². The number of hydrogen-bond donors (Lipinski definition) is 0. The summed E-state index contributed by atoms with van der Waals surface area (Å²) in [6, 6.07) is 0. The molecule has 0 saturated heterocycles. The summed E-state index contributed by atoms with van der Waals surface area (Å²) in [5.41, 5.74) is 1.29. The molecular weight excluding hydrogens is 212 g/mol. The van der Waals surface area contributed by atoms with Crippen molar-refractivity contribution in [2.24, 2.45) is 23.2 Å². The topological polar surface area (TPSA) is 26.3 Å². The van der Waals surface area contributed by atoms with Gasteiger partial charge in [-0.1, -0.05) is 18.2 Å². The second-order valence-corrected chi connectivity index (χ2v) is 5.47. The van der Waals surface area contributed by atoms with E-state index in [9.17, 15) is 4.79 Å². The molecule has 0 aliphatic heterocycles. The van der Waals surface area contributed by atoms with Crippen molar-refractivity contribution in [1.29, 1.82) is 0 Å². The molecule has 3 unspecified atom stereocenters. The highest BCUT2D eigenvalue weighted by molar-refractivity contribution is 5.78. The summed E-state index contributed by atoms with van der Waals surface area (Å²) in [4.78, 5) is 11.9. The minimum atomic E-state index is -0.0280. The third kappa shape index (κ3) is 1.84. The zero-order chi connectivity index (χ0) is 12.6. The van der Waals surface area contributed by atoms with Crippen LogP contribution in [0.25, 0.3) is 0 Å². The molecule has 0 bridgehead atoms. The Bertz CT molecular complexity index is 358. The maximum Gasteiger partial charge on any atom is 0.310 e. The maximum atomic E-state index is 11.9. The Morgan fingerprint density at radius 1 is 1.59 bits per heavy atom. The fourth-order valence-electron chi connectivity index (χ4n) is 3.53. The van der Waals surface area contributed by atoms with Crippen molar-refractivity contribution >= 4 is 5.97 Å². The van der Waals surface area contributed by atoms with E-state index in [0.717, 1.165) is 19.3 Å². The molecule has 17 heavy (non-hydrogen) atoms. The van der Waals surface area contributed by atoms with Crippen LogP contribution in [0.2, 0.25) is 0 Å². The number of esters is 1. The summed E-state index contributed by atoms with van der Waals surface area (Å²) in [5.74, 6) is 1.05. The molecule has 2 nitrogen and oxygen atoms in total. The molecule has 2 aliphatic carbocycles. The van der Waals surface area contributed by atoms with Gasteiger partial charge in [-0.2, -0.15) is 0 Å². The average Bonchev–Trinajstić information content (AvgIpc) is 2.97. The highest BCUT2D eigenvalue weighted by Gasteiger charge is 2.68. The SMILES string of the molecule is C=CC12CC[C@H](C(=C)C)CC1C2C(=O)OCC. The standard InChI is InChI=1S/C15H22O2/c1-5-15-8-7-11(10(3)4)9-12(15)13(15)14(16)17-6-2/h5,11-13H,1,3,6-9H2,2,4H3/t11-,12?,13?,15?/m0/s1. The van der Waals surface area contributed by atoms with Crippen molar-refractivity contribution in [3.63, 3.8) is 0 Å². The monoisotopic (exact) mass is 234 g/mol. The van der Waals surface area contributed by atoms with E-state index < -0.39 is 0 Å². The molecule has 2 aliphatic rings. The Kier molecular flexibility index (Phi) is 3.15. The van der Waals surface area contributed by atoms with Gasteiger partial charge in [-0.3, -0.25) is 4.79 Å². The largest absolute Gasteiger partial charge is 0.466 e. The van der Waals surface area contributed by atoms with E-state index in [1.165, 1.54) is 5.57 Å². The molecular formula is C15H22O2. The maximum absolute atomic E-state index is 11.9. The predicted molar refractivity (Wildman–Crippen MR) is 68.4 cm³/mol. The molecule has 0 radical (unpaired) electrons. The van der Waals surface area contributed by atoms with Gasteiger partial charge in [0, 0.05) is 5.41 Å². The van der Waals surface area contributed by atoms with Crippen LogP contribution in [0.5, 0.6) is 0 Å². The van der Waals surface area contributed by atoms with Crippen LogP contribution in [0.15, 0.2) is 24.8 Å². The van der Waals surface area contributed by atoms with E-state index in [0.29, 0.717) is 18.4 Å². The normalized spacial score (nSPS) is 39.1. The average molecular weight is 234 g/mol. The molecule has 0 heterocycles. The number of allylic oxidation sites excluding steroid dienone is 2.